The second kappa shape index (κ2) is 5.53. The van der Waals surface area contributed by atoms with Crippen molar-refractivity contribution in [3.05, 3.63) is 29.8 Å². The monoisotopic (exact) mass is 277 g/mol. The Labute approximate surface area is 118 Å². The molecule has 1 amide bonds. The molecule has 1 N–H and O–H groups in total. The third-order valence-corrected chi connectivity index (χ3v) is 2.89. The summed E-state index contributed by atoms with van der Waals surface area (Å²) in [6.45, 7) is 5.78. The molecule has 2 rings (SSSR count). The number of hydrogen-bond acceptors (Lipinski definition) is 4. The molecule has 0 unspecified atom stereocenters. The topological polar surface area (TPSA) is 64.6 Å². The number of hydrogen-bond donors (Lipinski definition) is 1. The molecule has 1 aliphatic heterocycles. The molecule has 0 bridgehead atoms. The Morgan fingerprint density at radius 3 is 2.65 bits per heavy atom. The van der Waals surface area contributed by atoms with Gasteiger partial charge in [-0.1, -0.05) is 18.2 Å². The van der Waals surface area contributed by atoms with E-state index >= 15 is 0 Å². The van der Waals surface area contributed by atoms with Crippen LogP contribution in [-0.4, -0.2) is 24.3 Å². The molecule has 20 heavy (non-hydrogen) atoms. The van der Waals surface area contributed by atoms with Gasteiger partial charge in [0, 0.05) is 11.6 Å². The van der Waals surface area contributed by atoms with Crippen molar-refractivity contribution in [1.29, 1.82) is 0 Å². The molecular weight excluding hydrogens is 258 g/mol. The second-order valence-electron chi connectivity index (χ2n) is 5.80. The molecule has 108 valence electrons. The van der Waals surface area contributed by atoms with E-state index in [4.69, 9.17) is 9.47 Å². The van der Waals surface area contributed by atoms with Crippen LogP contribution in [0.15, 0.2) is 24.3 Å². The van der Waals surface area contributed by atoms with E-state index in [9.17, 15) is 9.59 Å². The van der Waals surface area contributed by atoms with Gasteiger partial charge in [0.15, 0.2) is 0 Å². The minimum atomic E-state index is -0.550. The Hall–Kier alpha value is -2.04. The summed E-state index contributed by atoms with van der Waals surface area (Å²) in [6.07, 6.45) is -0.164. The van der Waals surface area contributed by atoms with Gasteiger partial charge in [-0.2, -0.15) is 0 Å². The minimum Gasteiger partial charge on any atom is -0.465 e. The van der Waals surface area contributed by atoms with Gasteiger partial charge in [-0.25, -0.2) is 4.79 Å². The summed E-state index contributed by atoms with van der Waals surface area (Å²) in [6, 6.07) is 7.38. The first-order chi connectivity index (χ1) is 9.35. The van der Waals surface area contributed by atoms with E-state index in [-0.39, 0.29) is 11.9 Å². The van der Waals surface area contributed by atoms with Crippen molar-refractivity contribution < 1.29 is 19.1 Å². The fraction of sp³-hybridized carbons (Fsp3) is 0.467. The molecule has 0 aliphatic carbocycles. The second-order valence-corrected chi connectivity index (χ2v) is 5.80. The summed E-state index contributed by atoms with van der Waals surface area (Å²) >= 11 is 0. The van der Waals surface area contributed by atoms with E-state index in [1.165, 1.54) is 0 Å². The van der Waals surface area contributed by atoms with E-state index in [0.29, 0.717) is 18.7 Å². The average molecular weight is 277 g/mol. The van der Waals surface area contributed by atoms with Crippen molar-refractivity contribution in [1.82, 2.24) is 0 Å². The number of esters is 1. The Morgan fingerprint density at radius 1 is 1.35 bits per heavy atom. The van der Waals surface area contributed by atoms with Crippen molar-refractivity contribution >= 4 is 17.7 Å². The first-order valence-electron chi connectivity index (χ1n) is 6.60. The molecular formula is C15H19NO4. The highest BCUT2D eigenvalue weighted by Crippen LogP contribution is 2.31. The first kappa shape index (κ1) is 14.4. The van der Waals surface area contributed by atoms with Crippen molar-refractivity contribution in [2.24, 2.45) is 0 Å². The van der Waals surface area contributed by atoms with Crippen LogP contribution in [0.5, 0.6) is 0 Å². The van der Waals surface area contributed by atoms with Gasteiger partial charge in [0.1, 0.15) is 5.60 Å². The molecule has 1 aliphatic rings. The van der Waals surface area contributed by atoms with Crippen molar-refractivity contribution in [2.75, 3.05) is 11.9 Å². The minimum absolute atomic E-state index is 0.0198. The average Bonchev–Trinajstić information content (AvgIpc) is 2.74. The van der Waals surface area contributed by atoms with Crippen LogP contribution in [0.1, 0.15) is 38.7 Å². The van der Waals surface area contributed by atoms with E-state index < -0.39 is 11.7 Å². The number of carbonyl (C=O) groups is 2. The number of para-hydroxylation sites is 1. The van der Waals surface area contributed by atoms with Gasteiger partial charge >= 0.3 is 12.1 Å². The van der Waals surface area contributed by atoms with E-state index in [1.54, 1.807) is 6.07 Å². The molecule has 1 aromatic carbocycles. The largest absolute Gasteiger partial charge is 0.465 e. The highest BCUT2D eigenvalue weighted by Gasteiger charge is 2.27. The molecule has 0 saturated carbocycles. The maximum absolute atomic E-state index is 11.8. The zero-order valence-electron chi connectivity index (χ0n) is 11.9. The molecule has 0 radical (unpaired) electrons. The maximum Gasteiger partial charge on any atom is 0.412 e. The quantitative estimate of drug-likeness (QED) is 0.844. The smallest absolute Gasteiger partial charge is 0.412 e. The molecule has 1 aromatic rings. The highest BCUT2D eigenvalue weighted by molar-refractivity contribution is 5.86. The Morgan fingerprint density at radius 2 is 2.05 bits per heavy atom. The Balaban J connectivity index is 2.12. The van der Waals surface area contributed by atoms with Crippen LogP contribution in [0.25, 0.3) is 0 Å². The molecule has 1 fully saturated rings. The Bertz CT molecular complexity index is 519. The van der Waals surface area contributed by atoms with Gasteiger partial charge in [-0.3, -0.25) is 10.1 Å². The number of cyclic esters (lactones) is 1. The maximum atomic E-state index is 11.8. The van der Waals surface area contributed by atoms with Gasteiger partial charge < -0.3 is 9.47 Å². The highest BCUT2D eigenvalue weighted by atomic mass is 16.6. The lowest BCUT2D eigenvalue weighted by atomic mass is 9.96. The van der Waals surface area contributed by atoms with Gasteiger partial charge in [0.05, 0.1) is 13.0 Å². The number of nitrogens with one attached hydrogen (secondary N) is 1. The Kier molecular flexibility index (Phi) is 3.97. The summed E-state index contributed by atoms with van der Waals surface area (Å²) in [5, 5.41) is 2.73. The molecule has 5 nitrogen and oxygen atoms in total. The van der Waals surface area contributed by atoms with Crippen LogP contribution in [0, 0.1) is 0 Å². The van der Waals surface area contributed by atoms with E-state index in [1.807, 2.05) is 39.0 Å². The number of ether oxygens (including phenoxy) is 2. The fourth-order valence-corrected chi connectivity index (χ4v) is 2.09. The number of rotatable bonds is 2. The van der Waals surface area contributed by atoms with E-state index in [0.717, 1.165) is 5.56 Å². The molecule has 1 atom stereocenters. The lowest BCUT2D eigenvalue weighted by Crippen LogP contribution is -2.27. The van der Waals surface area contributed by atoms with Crippen molar-refractivity contribution in [3.63, 3.8) is 0 Å². The fourth-order valence-electron chi connectivity index (χ4n) is 2.09. The summed E-state index contributed by atoms with van der Waals surface area (Å²) in [4.78, 5) is 23.0. The third kappa shape index (κ3) is 3.73. The predicted octanol–water partition coefficient (Wildman–Crippen LogP) is 3.06. The van der Waals surface area contributed by atoms with E-state index in [2.05, 4.69) is 5.32 Å². The zero-order valence-corrected chi connectivity index (χ0v) is 11.9. The van der Waals surface area contributed by atoms with Gasteiger partial charge in [-0.15, -0.1) is 0 Å². The number of anilines is 1. The summed E-state index contributed by atoms with van der Waals surface area (Å²) in [7, 11) is 0. The van der Waals surface area contributed by atoms with Crippen LogP contribution in [0.3, 0.4) is 0 Å². The van der Waals surface area contributed by atoms with Crippen LogP contribution in [0.2, 0.25) is 0 Å². The van der Waals surface area contributed by atoms with Crippen molar-refractivity contribution in [2.45, 2.75) is 38.7 Å². The number of benzene rings is 1. The summed E-state index contributed by atoms with van der Waals surface area (Å²) < 4.78 is 10.2. The van der Waals surface area contributed by atoms with Crippen LogP contribution >= 0.6 is 0 Å². The third-order valence-electron chi connectivity index (χ3n) is 2.89. The van der Waals surface area contributed by atoms with Gasteiger partial charge in [-0.05, 0) is 32.4 Å². The zero-order chi connectivity index (χ0) is 14.8. The molecule has 5 heteroatoms. The molecule has 0 aromatic heterocycles. The SMILES string of the molecule is CC(C)(C)OC(=O)Nc1ccccc1[C@H]1COC(=O)C1. The lowest BCUT2D eigenvalue weighted by molar-refractivity contribution is -0.137. The lowest BCUT2D eigenvalue weighted by Gasteiger charge is -2.21. The van der Waals surface area contributed by atoms with Crippen LogP contribution in [-0.2, 0) is 14.3 Å². The summed E-state index contributed by atoms with van der Waals surface area (Å²) in [5.41, 5.74) is 1.00. The first-order valence-corrected chi connectivity index (χ1v) is 6.60. The molecule has 1 heterocycles. The van der Waals surface area contributed by atoms with Gasteiger partial charge in [0.2, 0.25) is 0 Å². The van der Waals surface area contributed by atoms with Crippen molar-refractivity contribution in [3.8, 4) is 0 Å². The number of amides is 1. The summed E-state index contributed by atoms with van der Waals surface area (Å²) in [5.74, 6) is -0.226. The number of carbonyl (C=O) groups excluding carboxylic acids is 2. The normalized spacial score (nSPS) is 18.6. The van der Waals surface area contributed by atoms with Crippen LogP contribution < -0.4 is 5.32 Å². The standard InChI is InChI=1S/C15H19NO4/c1-15(2,3)20-14(18)16-12-7-5-4-6-11(12)10-8-13(17)19-9-10/h4-7,10H,8-9H2,1-3H3,(H,16,18)/t10-/m1/s1. The molecule has 0 spiro atoms. The van der Waals surface area contributed by atoms with Crippen LogP contribution in [0.4, 0.5) is 10.5 Å². The predicted molar refractivity (Wildman–Crippen MR) is 74.6 cm³/mol. The van der Waals surface area contributed by atoms with Gasteiger partial charge in [0.25, 0.3) is 0 Å². The molecule has 1 saturated heterocycles.